The summed E-state index contributed by atoms with van der Waals surface area (Å²) in [6, 6.07) is 25.8. The molecular weight excluding hydrogens is 636 g/mol. The number of methoxy groups -OCH3 is 4. The Morgan fingerprint density at radius 2 is 0.660 bits per heavy atom. The van der Waals surface area contributed by atoms with Crippen LogP contribution in [-0.2, 0) is 0 Å². The Balaban J connectivity index is 1.36. The second-order valence-electron chi connectivity index (χ2n) is 12.0. The van der Waals surface area contributed by atoms with Gasteiger partial charge in [0.1, 0.15) is 11.4 Å². The highest BCUT2D eigenvalue weighted by atomic mass is 16.5. The number of hydrogen-bond acceptors (Lipinski definition) is 8. The smallest absolute Gasteiger partial charge is 0.266 e. The fourth-order valence-electron chi connectivity index (χ4n) is 6.54. The molecule has 0 atom stereocenters. The molecule has 0 unspecified atom stereocenters. The van der Waals surface area contributed by atoms with Crippen molar-refractivity contribution in [2.45, 2.75) is 13.8 Å². The number of benzene rings is 5. The van der Waals surface area contributed by atoms with E-state index in [1.165, 1.54) is 28.4 Å². The minimum Gasteiger partial charge on any atom is -0.491 e. The molecule has 0 saturated carbocycles. The van der Waals surface area contributed by atoms with Gasteiger partial charge in [-0.2, -0.15) is 0 Å². The van der Waals surface area contributed by atoms with Gasteiger partial charge < -0.3 is 18.9 Å². The maximum atomic E-state index is 14.1. The molecule has 0 fully saturated rings. The van der Waals surface area contributed by atoms with Gasteiger partial charge in [0.05, 0.1) is 50.7 Å². The zero-order valence-electron chi connectivity index (χ0n) is 28.2. The van der Waals surface area contributed by atoms with Crippen LogP contribution in [0.3, 0.4) is 0 Å². The van der Waals surface area contributed by atoms with Crippen LogP contribution >= 0.6 is 0 Å². The van der Waals surface area contributed by atoms with E-state index in [0.717, 1.165) is 43.2 Å². The van der Waals surface area contributed by atoms with E-state index in [1.54, 1.807) is 36.4 Å². The van der Waals surface area contributed by atoms with Crippen molar-refractivity contribution >= 4 is 35.0 Å². The molecule has 2 aliphatic heterocycles. The number of nitrogens with zero attached hydrogens (tertiary/aromatic N) is 2. The number of rotatable bonds is 8. The van der Waals surface area contributed by atoms with Crippen LogP contribution in [0.1, 0.15) is 52.6 Å². The van der Waals surface area contributed by atoms with Crippen LogP contribution in [0.15, 0.2) is 84.9 Å². The van der Waals surface area contributed by atoms with Crippen LogP contribution < -0.4 is 28.7 Å². The number of imide groups is 2. The summed E-state index contributed by atoms with van der Waals surface area (Å²) < 4.78 is 23.2. The van der Waals surface area contributed by atoms with E-state index in [1.807, 2.05) is 62.4 Å². The lowest BCUT2D eigenvalue weighted by Gasteiger charge is -2.28. The summed E-state index contributed by atoms with van der Waals surface area (Å²) in [5, 5.41) is 0. The minimum absolute atomic E-state index is 0.103. The van der Waals surface area contributed by atoms with Crippen molar-refractivity contribution in [3.8, 4) is 45.3 Å². The van der Waals surface area contributed by atoms with E-state index in [0.29, 0.717) is 0 Å². The predicted octanol–water partition coefficient (Wildman–Crippen LogP) is 7.27. The van der Waals surface area contributed by atoms with E-state index in [-0.39, 0.29) is 56.6 Å². The lowest BCUT2D eigenvalue weighted by atomic mass is 9.99. The summed E-state index contributed by atoms with van der Waals surface area (Å²) in [6.07, 6.45) is 0. The van der Waals surface area contributed by atoms with Gasteiger partial charge in [-0.1, -0.05) is 71.8 Å². The molecule has 10 nitrogen and oxygen atoms in total. The number of aryl methyl sites for hydroxylation is 2. The topological polar surface area (TPSA) is 112 Å². The first-order valence-electron chi connectivity index (χ1n) is 15.7. The zero-order valence-corrected chi connectivity index (χ0v) is 28.2. The van der Waals surface area contributed by atoms with Crippen molar-refractivity contribution < 1.29 is 38.1 Å². The molecule has 10 heteroatoms. The molecule has 50 heavy (non-hydrogen) atoms. The summed E-state index contributed by atoms with van der Waals surface area (Å²) in [5.41, 5.74) is 5.98. The molecule has 250 valence electrons. The normalized spacial score (nSPS) is 13.5. The summed E-state index contributed by atoms with van der Waals surface area (Å²) in [4.78, 5) is 58.1. The molecule has 0 aromatic heterocycles. The average Bonchev–Trinajstić information content (AvgIpc) is 3.53. The Hall–Kier alpha value is -6.42. The van der Waals surface area contributed by atoms with Crippen LogP contribution in [0, 0.1) is 13.8 Å². The van der Waals surface area contributed by atoms with Crippen molar-refractivity contribution in [2.75, 3.05) is 38.2 Å². The molecule has 0 radical (unpaired) electrons. The van der Waals surface area contributed by atoms with Crippen LogP contribution in [0.5, 0.6) is 23.0 Å². The van der Waals surface area contributed by atoms with Crippen molar-refractivity contribution in [1.82, 2.24) is 0 Å². The molecule has 0 saturated heterocycles. The Kier molecular flexibility index (Phi) is 7.86. The monoisotopic (exact) mass is 668 g/mol. The van der Waals surface area contributed by atoms with Gasteiger partial charge in [0, 0.05) is 0 Å². The molecule has 4 amide bonds. The van der Waals surface area contributed by atoms with Crippen molar-refractivity contribution in [1.29, 1.82) is 0 Å². The van der Waals surface area contributed by atoms with Crippen molar-refractivity contribution in [3.05, 3.63) is 118 Å². The molecule has 2 heterocycles. The largest absolute Gasteiger partial charge is 0.491 e. The molecule has 0 spiro atoms. The van der Waals surface area contributed by atoms with Gasteiger partial charge in [-0.05, 0) is 60.4 Å². The number of ether oxygens (including phenoxy) is 4. The molecule has 0 N–H and O–H groups in total. The van der Waals surface area contributed by atoms with Gasteiger partial charge in [-0.15, -0.1) is 0 Å². The molecular formula is C40H32N2O8. The second kappa shape index (κ2) is 12.2. The predicted molar refractivity (Wildman–Crippen MR) is 188 cm³/mol. The summed E-state index contributed by atoms with van der Waals surface area (Å²) in [5.74, 6) is -2.99. The van der Waals surface area contributed by atoms with Gasteiger partial charge in [0.2, 0.25) is 0 Å². The maximum Gasteiger partial charge on any atom is 0.266 e. The minimum atomic E-state index is -0.628. The van der Waals surface area contributed by atoms with E-state index in [9.17, 15) is 19.2 Å². The number of anilines is 2. The van der Waals surface area contributed by atoms with Crippen molar-refractivity contribution in [2.24, 2.45) is 0 Å². The van der Waals surface area contributed by atoms with Gasteiger partial charge in [-0.25, -0.2) is 9.80 Å². The van der Waals surface area contributed by atoms with Crippen molar-refractivity contribution in [3.63, 3.8) is 0 Å². The summed E-state index contributed by atoms with van der Waals surface area (Å²) in [6.45, 7) is 3.97. The second-order valence-corrected chi connectivity index (χ2v) is 12.0. The number of hydrogen-bond donors (Lipinski definition) is 0. The van der Waals surface area contributed by atoms with E-state index < -0.39 is 23.6 Å². The molecule has 2 aliphatic rings. The van der Waals surface area contributed by atoms with Gasteiger partial charge in [0.15, 0.2) is 23.0 Å². The van der Waals surface area contributed by atoms with Crippen LogP contribution in [0.25, 0.3) is 22.3 Å². The van der Waals surface area contributed by atoms with E-state index in [4.69, 9.17) is 18.9 Å². The summed E-state index contributed by atoms with van der Waals surface area (Å²) >= 11 is 0. The third kappa shape index (κ3) is 4.79. The molecule has 5 aromatic rings. The average molecular weight is 669 g/mol. The first-order chi connectivity index (χ1) is 24.1. The Bertz CT molecular complexity index is 2060. The third-order valence-electron chi connectivity index (χ3n) is 9.08. The van der Waals surface area contributed by atoms with Crippen LogP contribution in [0.2, 0.25) is 0 Å². The SMILES string of the molecule is COc1c(OC)c(N2C(=O)c3ccc(-c4ccc(C)cc4)cc3C2=O)c(OC)c(OC)c1N1C(=O)c2ccc(-c3ccc(C)cc3)cc2C1=O. The Labute approximate surface area is 288 Å². The summed E-state index contributed by atoms with van der Waals surface area (Å²) in [7, 11) is 5.28. The highest BCUT2D eigenvalue weighted by Crippen LogP contribution is 2.59. The number of fused-ring (bicyclic) bond motifs is 2. The van der Waals surface area contributed by atoms with Crippen LogP contribution in [-0.4, -0.2) is 52.1 Å². The standard InChI is InChI=1S/C40H32N2O8/c1-21-7-11-23(12-8-21)25-15-17-27-29(19-25)39(45)41(37(27)43)31-33(47-3)35(49-5)32(36(50-6)34(31)48-4)42-38(44)28-18-16-26(20-30(28)40(42)46)24-13-9-22(2)10-14-24/h7-20H,1-6H3. The Morgan fingerprint density at radius 1 is 0.380 bits per heavy atom. The number of carbonyl (C=O) groups is 4. The highest BCUT2D eigenvalue weighted by molar-refractivity contribution is 6.38. The quantitative estimate of drug-likeness (QED) is 0.159. The fourth-order valence-corrected chi connectivity index (χ4v) is 6.54. The highest BCUT2D eigenvalue weighted by Gasteiger charge is 2.47. The molecule has 5 aromatic carbocycles. The van der Waals surface area contributed by atoms with Crippen LogP contribution in [0.4, 0.5) is 11.4 Å². The maximum absolute atomic E-state index is 14.1. The molecule has 0 bridgehead atoms. The van der Waals surface area contributed by atoms with E-state index in [2.05, 4.69) is 0 Å². The van der Waals surface area contributed by atoms with Gasteiger partial charge in [-0.3, -0.25) is 19.2 Å². The lowest BCUT2D eigenvalue weighted by molar-refractivity contribution is 0.0906. The number of carbonyl (C=O) groups excluding carboxylic acids is 4. The van der Waals surface area contributed by atoms with E-state index >= 15 is 0 Å². The lowest BCUT2D eigenvalue weighted by Crippen LogP contribution is -2.32. The Morgan fingerprint density at radius 3 is 0.960 bits per heavy atom. The zero-order chi connectivity index (χ0) is 35.4. The molecule has 7 rings (SSSR count). The third-order valence-corrected chi connectivity index (χ3v) is 9.08. The van der Waals surface area contributed by atoms with Gasteiger partial charge in [0.25, 0.3) is 23.6 Å². The fraction of sp³-hybridized carbons (Fsp3) is 0.150. The first-order valence-corrected chi connectivity index (χ1v) is 15.7. The number of amides is 4. The molecule has 0 aliphatic carbocycles. The first kappa shape index (κ1) is 32.1. The van der Waals surface area contributed by atoms with Gasteiger partial charge >= 0.3 is 0 Å².